The Labute approximate surface area is 421 Å². The lowest BCUT2D eigenvalue weighted by molar-refractivity contribution is -0.138. The van der Waals surface area contributed by atoms with Crippen LogP contribution in [0.1, 0.15) is 66.3 Å². The number of nitrogens with zero attached hydrogens (tertiary/aromatic N) is 4. The van der Waals surface area contributed by atoms with E-state index in [2.05, 4.69) is 68.2 Å². The van der Waals surface area contributed by atoms with Gasteiger partial charge in [-0.1, -0.05) is 37.6 Å². The van der Waals surface area contributed by atoms with Crippen LogP contribution in [0.4, 0.5) is 5.69 Å². The molecule has 1 aromatic heterocycles. The third-order valence-electron chi connectivity index (χ3n) is 10.6. The highest BCUT2D eigenvalue weighted by Gasteiger charge is 2.23. The third kappa shape index (κ3) is 30.5. The molecule has 1 amide bonds. The van der Waals surface area contributed by atoms with Crippen LogP contribution in [-0.4, -0.2) is 210 Å². The van der Waals surface area contributed by atoms with E-state index in [4.69, 9.17) is 63.2 Å². The van der Waals surface area contributed by atoms with Crippen LogP contribution in [0, 0.1) is 0 Å². The summed E-state index contributed by atoms with van der Waals surface area (Å²) in [5, 5.41) is 8.53. The van der Waals surface area contributed by atoms with Gasteiger partial charge in [0.25, 0.3) is 5.91 Å². The molecule has 0 bridgehead atoms. The number of amides is 1. The molecule has 19 heteroatoms. The molecule has 0 atom stereocenters. The minimum atomic E-state index is -0.877. The molecule has 3 rings (SSSR count). The molecule has 3 N–H and O–H groups in total. The molecule has 2 aromatic rings. The van der Waals surface area contributed by atoms with Crippen molar-refractivity contribution in [3.05, 3.63) is 56.8 Å². The number of hydrogen-bond donors (Lipinski definition) is 2. The molecular formula is C51H85N5O13S. The molecule has 0 fully saturated rings. The third-order valence-corrected chi connectivity index (χ3v) is 11.7. The lowest BCUT2D eigenvalue weighted by Crippen LogP contribution is -2.33. The molecule has 0 saturated carbocycles. The number of fused-ring (bicyclic) bond motifs is 1. The van der Waals surface area contributed by atoms with Crippen molar-refractivity contribution in [1.29, 1.82) is 0 Å². The molecule has 0 aliphatic carbocycles. The number of benzene rings is 1. The number of rotatable bonds is 46. The quantitative estimate of drug-likeness (QED) is 0.0810. The van der Waals surface area contributed by atoms with Gasteiger partial charge in [-0.25, -0.2) is 4.99 Å². The molecule has 0 spiro atoms. The fourth-order valence-electron chi connectivity index (χ4n) is 6.95. The molecule has 1 aliphatic rings. The highest BCUT2D eigenvalue weighted by atomic mass is 32.1. The van der Waals surface area contributed by atoms with E-state index < -0.39 is 5.97 Å². The number of likely N-dealkylation sites (N-methyl/N-ethyl adjacent to an activating group) is 1. The summed E-state index contributed by atoms with van der Waals surface area (Å²) < 4.78 is 54.9. The van der Waals surface area contributed by atoms with Gasteiger partial charge in [0.2, 0.25) is 0 Å². The zero-order valence-corrected chi connectivity index (χ0v) is 43.5. The number of amidine groups is 1. The topological polar surface area (TPSA) is 195 Å². The largest absolute Gasteiger partial charge is 0.481 e. The maximum Gasteiger partial charge on any atom is 0.305 e. The zero-order chi connectivity index (χ0) is 50.3. The number of carboxylic acid groups (broad SMARTS) is 1. The van der Waals surface area contributed by atoms with Gasteiger partial charge in [0, 0.05) is 43.1 Å². The molecule has 0 radical (unpaired) electrons. The molecule has 18 nitrogen and oxygen atoms in total. The van der Waals surface area contributed by atoms with Crippen LogP contribution >= 0.6 is 11.3 Å². The van der Waals surface area contributed by atoms with Crippen molar-refractivity contribution in [1.82, 2.24) is 14.7 Å². The van der Waals surface area contributed by atoms with Crippen LogP contribution < -0.4 is 5.73 Å². The average molecular weight is 1010 g/mol. The first-order valence-corrected chi connectivity index (χ1v) is 25.8. The van der Waals surface area contributed by atoms with Crippen LogP contribution in [0.15, 0.2) is 40.9 Å². The number of ether oxygens (including phenoxy) is 10. The Morgan fingerprint density at radius 2 is 1.07 bits per heavy atom. The maximum absolute atomic E-state index is 14.0. The summed E-state index contributed by atoms with van der Waals surface area (Å²) in [6.45, 7) is 15.2. The first-order valence-electron chi connectivity index (χ1n) is 25.0. The Morgan fingerprint density at radius 3 is 1.53 bits per heavy atom. The van der Waals surface area contributed by atoms with Gasteiger partial charge in [0.1, 0.15) is 5.84 Å². The van der Waals surface area contributed by atoms with Crippen LogP contribution in [0.3, 0.4) is 0 Å². The number of unbranched alkanes of at least 4 members (excludes halogenated alkanes) is 2. The average Bonchev–Trinajstić information content (AvgIpc) is 3.63. The first kappa shape index (κ1) is 60.9. The van der Waals surface area contributed by atoms with E-state index in [1.54, 1.807) is 11.3 Å². The minimum Gasteiger partial charge on any atom is -0.481 e. The molecule has 398 valence electrons. The smallest absolute Gasteiger partial charge is 0.305 e. The molecular weight excluding hydrogens is 923 g/mol. The van der Waals surface area contributed by atoms with Crippen molar-refractivity contribution in [3.63, 3.8) is 0 Å². The van der Waals surface area contributed by atoms with E-state index in [0.717, 1.165) is 55.0 Å². The number of aryl methyl sites for hydroxylation is 1. The predicted octanol–water partition coefficient (Wildman–Crippen LogP) is 5.31. The number of carbonyl (C=O) groups is 2. The normalized spacial score (nSPS) is 12.7. The fourth-order valence-corrected chi connectivity index (χ4v) is 8.06. The van der Waals surface area contributed by atoms with Gasteiger partial charge in [0.05, 0.1) is 149 Å². The van der Waals surface area contributed by atoms with Crippen molar-refractivity contribution in [2.75, 3.05) is 173 Å². The summed E-state index contributed by atoms with van der Waals surface area (Å²) in [7, 11) is 6.31. The number of nitrogens with two attached hydrogens (primary N) is 1. The number of aliphatic carboxylic acids is 1. The Hall–Kier alpha value is -3.41. The van der Waals surface area contributed by atoms with Gasteiger partial charge in [-0.05, 0) is 76.6 Å². The van der Waals surface area contributed by atoms with E-state index in [9.17, 15) is 9.59 Å². The van der Waals surface area contributed by atoms with Gasteiger partial charge >= 0.3 is 5.97 Å². The Morgan fingerprint density at radius 1 is 0.614 bits per heavy atom. The van der Waals surface area contributed by atoms with E-state index in [-0.39, 0.29) is 18.9 Å². The number of carbonyl (C=O) groups excluding carboxylic acids is 1. The fraction of sp³-hybridized carbons (Fsp3) is 0.706. The van der Waals surface area contributed by atoms with Crippen molar-refractivity contribution in [3.8, 4) is 0 Å². The lowest BCUT2D eigenvalue weighted by Gasteiger charge is -2.24. The first-order chi connectivity index (χ1) is 34.1. The lowest BCUT2D eigenvalue weighted by atomic mass is 10.1. The minimum absolute atomic E-state index is 0.00723. The zero-order valence-electron chi connectivity index (χ0n) is 42.7. The summed E-state index contributed by atoms with van der Waals surface area (Å²) >= 11 is 1.73. The number of thiophene rings is 1. The molecule has 70 heavy (non-hydrogen) atoms. The van der Waals surface area contributed by atoms with Crippen LogP contribution in [0.2, 0.25) is 0 Å². The van der Waals surface area contributed by atoms with Crippen molar-refractivity contribution in [2.45, 2.75) is 65.0 Å². The summed E-state index contributed by atoms with van der Waals surface area (Å²) in [4.78, 5) is 37.8. The standard InChI is InChI=1S/C51H85N5O13S/c1-5-15-56(51(59)45-38-48-47(53-49(52)39-45)40-46(70-48)9-7-6-8-16-54(2)3)42-44-12-10-43(11-13-44)41-55(4)17-19-61-21-23-63-25-27-65-29-31-67-33-35-69-37-36-68-34-32-66-30-28-64-26-24-62-22-20-60-18-14-50(57)58/h10-13,38,40H,5-9,14-37,39,41-42H2,1-4H3,(H2,52,53)(H,57,58). The van der Waals surface area contributed by atoms with E-state index in [1.165, 1.54) is 23.3 Å². The SMILES string of the molecule is CCCN(Cc1ccc(CN(C)CCOCCOCCOCCOCCOCCOCCOCCOCCOCCOCCC(=O)O)cc1)C(=O)C1=Cc2sc(CCCCCN(C)C)cc2N=C(N)C1. The van der Waals surface area contributed by atoms with Gasteiger partial charge in [-0.2, -0.15) is 0 Å². The Bertz CT molecular complexity index is 1710. The van der Waals surface area contributed by atoms with Crippen LogP contribution in [-0.2, 0) is 76.5 Å². The predicted molar refractivity (Wildman–Crippen MR) is 273 cm³/mol. The summed E-state index contributed by atoms with van der Waals surface area (Å²) in [5.41, 5.74) is 10.2. The molecule has 1 aromatic carbocycles. The second-order valence-electron chi connectivity index (χ2n) is 17.1. The van der Waals surface area contributed by atoms with Crippen LogP contribution in [0.5, 0.6) is 0 Å². The van der Waals surface area contributed by atoms with E-state index in [1.807, 2.05) is 11.0 Å². The molecule has 0 saturated heterocycles. The second kappa shape index (κ2) is 40.1. The monoisotopic (exact) mass is 1010 g/mol. The number of carboxylic acids is 1. The highest BCUT2D eigenvalue weighted by Crippen LogP contribution is 2.35. The van der Waals surface area contributed by atoms with E-state index in [0.29, 0.717) is 156 Å². The summed E-state index contributed by atoms with van der Waals surface area (Å²) in [6.07, 6.45) is 7.77. The summed E-state index contributed by atoms with van der Waals surface area (Å²) in [5.74, 6) is -0.377. The Kier molecular flexibility index (Phi) is 34.9. The molecule has 0 unspecified atom stereocenters. The summed E-state index contributed by atoms with van der Waals surface area (Å²) in [6, 6.07) is 10.7. The van der Waals surface area contributed by atoms with Crippen molar-refractivity contribution < 1.29 is 62.1 Å². The number of aliphatic imine (C=N–C) groups is 1. The van der Waals surface area contributed by atoms with Crippen molar-refractivity contribution in [2.24, 2.45) is 10.7 Å². The van der Waals surface area contributed by atoms with Gasteiger partial charge in [-0.3, -0.25) is 14.5 Å². The number of hydrogen-bond acceptors (Lipinski definition) is 17. The van der Waals surface area contributed by atoms with Gasteiger partial charge in [0.15, 0.2) is 0 Å². The van der Waals surface area contributed by atoms with Gasteiger partial charge < -0.3 is 68.0 Å². The van der Waals surface area contributed by atoms with E-state index >= 15 is 0 Å². The highest BCUT2D eigenvalue weighted by molar-refractivity contribution is 7.13. The second-order valence-corrected chi connectivity index (χ2v) is 18.2. The molecule has 1 aliphatic heterocycles. The van der Waals surface area contributed by atoms with Crippen LogP contribution in [0.25, 0.3) is 6.08 Å². The molecule has 2 heterocycles. The van der Waals surface area contributed by atoms with Crippen molar-refractivity contribution >= 4 is 40.8 Å². The van der Waals surface area contributed by atoms with Gasteiger partial charge in [-0.15, -0.1) is 11.3 Å². The maximum atomic E-state index is 14.0. The Balaban J connectivity index is 1.11.